The molecule has 172 valence electrons. The van der Waals surface area contributed by atoms with Crippen molar-refractivity contribution >= 4 is 28.5 Å². The Bertz CT molecular complexity index is 1150. The highest BCUT2D eigenvalue weighted by Crippen LogP contribution is 2.45. The number of methoxy groups -OCH3 is 1. The maximum atomic E-state index is 13.5. The topological polar surface area (TPSA) is 115 Å². The van der Waals surface area contributed by atoms with Gasteiger partial charge < -0.3 is 19.9 Å². The van der Waals surface area contributed by atoms with Gasteiger partial charge in [0.05, 0.1) is 13.2 Å². The van der Waals surface area contributed by atoms with Crippen molar-refractivity contribution in [2.75, 3.05) is 13.7 Å². The summed E-state index contributed by atoms with van der Waals surface area (Å²) >= 11 is 0. The highest BCUT2D eigenvalue weighted by molar-refractivity contribution is 6.02. The van der Waals surface area contributed by atoms with Crippen molar-refractivity contribution in [2.45, 2.75) is 50.6 Å². The third-order valence-corrected chi connectivity index (χ3v) is 7.68. The van der Waals surface area contributed by atoms with Gasteiger partial charge in [-0.3, -0.25) is 14.4 Å². The first-order chi connectivity index (χ1) is 16.0. The number of carbonyl (C=O) groups excluding carboxylic acids is 3. The Hall–Kier alpha value is -3.34. The molecule has 2 amide bonds. The Kier molecular flexibility index (Phi) is 5.57. The van der Waals surface area contributed by atoms with Gasteiger partial charge in [0.15, 0.2) is 0 Å². The Balaban J connectivity index is 1.35. The summed E-state index contributed by atoms with van der Waals surface area (Å²) in [6, 6.07) is 8.18. The van der Waals surface area contributed by atoms with Gasteiger partial charge in [-0.25, -0.2) is 0 Å². The molecule has 33 heavy (non-hydrogen) atoms. The van der Waals surface area contributed by atoms with Gasteiger partial charge in [-0.05, 0) is 62.1 Å². The van der Waals surface area contributed by atoms with E-state index in [0.29, 0.717) is 36.7 Å². The molecular weight excluding hydrogens is 420 g/mol. The fourth-order valence-electron chi connectivity index (χ4n) is 5.78. The van der Waals surface area contributed by atoms with E-state index >= 15 is 0 Å². The van der Waals surface area contributed by atoms with Crippen molar-refractivity contribution < 1.29 is 19.1 Å². The largest absolute Gasteiger partial charge is 0.496 e. The first-order valence-electron chi connectivity index (χ1n) is 11.7. The van der Waals surface area contributed by atoms with Crippen LogP contribution in [0, 0.1) is 29.1 Å². The molecular formula is C25H28N4O4. The number of rotatable bonds is 6. The molecule has 1 saturated heterocycles. The van der Waals surface area contributed by atoms with Crippen molar-refractivity contribution in [2.24, 2.45) is 17.8 Å². The average Bonchev–Trinajstić information content (AvgIpc) is 3.48. The van der Waals surface area contributed by atoms with E-state index in [2.05, 4.69) is 16.4 Å². The standard InChI is InChI=1S/C25H28N4O4/c1-33-22-7-3-5-19-18(22)11-20(28-19)25(32)29-13-15-8-9-17(15)23(29)24(31)27-16(12-26)10-14-4-2-6-21(14)30/h3,5,7,11,14-17,23,28H,2,4,6,8-10,13H2,1H3,(H,27,31). The molecule has 0 bridgehead atoms. The number of nitriles is 1. The zero-order chi connectivity index (χ0) is 23.1. The quantitative estimate of drug-likeness (QED) is 0.705. The van der Waals surface area contributed by atoms with Gasteiger partial charge in [-0.1, -0.05) is 6.07 Å². The number of fused-ring (bicyclic) bond motifs is 2. The van der Waals surface area contributed by atoms with Gasteiger partial charge >= 0.3 is 0 Å². The number of nitrogens with one attached hydrogen (secondary N) is 2. The second-order valence-corrected chi connectivity index (χ2v) is 9.49. The molecule has 0 radical (unpaired) electrons. The summed E-state index contributed by atoms with van der Waals surface area (Å²) in [6.45, 7) is 0.534. The zero-order valence-corrected chi connectivity index (χ0v) is 18.7. The lowest BCUT2D eigenvalue weighted by Crippen LogP contribution is -2.51. The lowest BCUT2D eigenvalue weighted by Gasteiger charge is -2.33. The van der Waals surface area contributed by atoms with E-state index in [0.717, 1.165) is 36.6 Å². The fourth-order valence-corrected chi connectivity index (χ4v) is 5.78. The Morgan fingerprint density at radius 2 is 2.18 bits per heavy atom. The number of carbonyl (C=O) groups is 3. The lowest BCUT2D eigenvalue weighted by molar-refractivity contribution is -0.127. The van der Waals surface area contributed by atoms with Gasteiger partial charge in [0.1, 0.15) is 29.3 Å². The number of Topliss-reactive ketones (excluding diaryl/α,β-unsaturated/α-hetero) is 1. The number of aromatic amines is 1. The number of likely N-dealkylation sites (tertiary alicyclic amines) is 1. The number of H-pyrrole nitrogens is 1. The molecule has 8 heteroatoms. The van der Waals surface area contributed by atoms with Crippen LogP contribution in [0.4, 0.5) is 0 Å². The summed E-state index contributed by atoms with van der Waals surface area (Å²) in [7, 11) is 1.59. The number of aromatic nitrogens is 1. The minimum absolute atomic E-state index is 0.111. The molecule has 3 fully saturated rings. The lowest BCUT2D eigenvalue weighted by atomic mass is 9.73. The van der Waals surface area contributed by atoms with Crippen LogP contribution in [0.2, 0.25) is 0 Å². The fraction of sp³-hybridized carbons (Fsp3) is 0.520. The van der Waals surface area contributed by atoms with Gasteiger partial charge in [0.2, 0.25) is 5.91 Å². The third-order valence-electron chi connectivity index (χ3n) is 7.68. The molecule has 0 spiro atoms. The highest BCUT2D eigenvalue weighted by Gasteiger charge is 2.52. The summed E-state index contributed by atoms with van der Waals surface area (Å²) in [5, 5.41) is 13.3. The van der Waals surface area contributed by atoms with Crippen molar-refractivity contribution in [1.82, 2.24) is 15.2 Å². The first-order valence-corrected chi connectivity index (χ1v) is 11.7. The number of amides is 2. The monoisotopic (exact) mass is 448 g/mol. The molecule has 2 N–H and O–H groups in total. The van der Waals surface area contributed by atoms with E-state index in [9.17, 15) is 19.6 Å². The molecule has 5 rings (SSSR count). The van der Waals surface area contributed by atoms with Gasteiger partial charge in [-0.15, -0.1) is 0 Å². The number of hydrogen-bond donors (Lipinski definition) is 2. The number of ketones is 1. The van der Waals surface area contributed by atoms with Crippen LogP contribution in [0.15, 0.2) is 24.3 Å². The van der Waals surface area contributed by atoms with Crippen LogP contribution in [-0.2, 0) is 9.59 Å². The summed E-state index contributed by atoms with van der Waals surface area (Å²) < 4.78 is 5.40. The zero-order valence-electron chi connectivity index (χ0n) is 18.7. The Morgan fingerprint density at radius 1 is 1.33 bits per heavy atom. The smallest absolute Gasteiger partial charge is 0.271 e. The van der Waals surface area contributed by atoms with E-state index < -0.39 is 12.1 Å². The van der Waals surface area contributed by atoms with Crippen molar-refractivity contribution in [3.8, 4) is 11.8 Å². The average molecular weight is 449 g/mol. The number of hydrogen-bond acceptors (Lipinski definition) is 5. The van der Waals surface area contributed by atoms with E-state index in [4.69, 9.17) is 4.74 Å². The molecule has 3 aliphatic rings. The predicted octanol–water partition coefficient (Wildman–Crippen LogP) is 2.79. The van der Waals surface area contributed by atoms with Crippen LogP contribution in [0.3, 0.4) is 0 Å². The maximum Gasteiger partial charge on any atom is 0.271 e. The van der Waals surface area contributed by atoms with Gasteiger partial charge in [0, 0.05) is 29.8 Å². The third kappa shape index (κ3) is 3.75. The predicted molar refractivity (Wildman–Crippen MR) is 120 cm³/mol. The van der Waals surface area contributed by atoms with Crippen LogP contribution in [0.25, 0.3) is 10.9 Å². The summed E-state index contributed by atoms with van der Waals surface area (Å²) in [5.41, 5.74) is 1.22. The van der Waals surface area contributed by atoms with Crippen molar-refractivity contribution in [3.63, 3.8) is 0 Å². The van der Waals surface area contributed by atoms with Crippen molar-refractivity contribution in [1.29, 1.82) is 5.26 Å². The van der Waals surface area contributed by atoms with E-state index in [1.165, 1.54) is 0 Å². The van der Waals surface area contributed by atoms with Gasteiger partial charge in [-0.2, -0.15) is 5.26 Å². The van der Waals surface area contributed by atoms with E-state index in [1.54, 1.807) is 18.1 Å². The Morgan fingerprint density at radius 3 is 2.85 bits per heavy atom. The van der Waals surface area contributed by atoms with Gasteiger partial charge in [0.25, 0.3) is 5.91 Å². The summed E-state index contributed by atoms with van der Waals surface area (Å²) in [5.74, 6) is 0.603. The summed E-state index contributed by atoms with van der Waals surface area (Å²) in [4.78, 5) is 43.6. The summed E-state index contributed by atoms with van der Waals surface area (Å²) in [6.07, 6.45) is 4.41. The van der Waals surface area contributed by atoms with Crippen LogP contribution in [-0.4, -0.2) is 53.2 Å². The minimum atomic E-state index is -0.724. The molecule has 5 atom stereocenters. The molecule has 1 aliphatic heterocycles. The molecule has 2 aliphatic carbocycles. The Labute approximate surface area is 192 Å². The first kappa shape index (κ1) is 21.5. The molecule has 2 aromatic rings. The normalized spacial score (nSPS) is 27.0. The second kappa shape index (κ2) is 8.54. The van der Waals surface area contributed by atoms with Crippen molar-refractivity contribution in [3.05, 3.63) is 30.0 Å². The van der Waals surface area contributed by atoms with E-state index in [-0.39, 0.29) is 29.4 Å². The molecule has 1 aromatic carbocycles. The molecule has 1 aromatic heterocycles. The second-order valence-electron chi connectivity index (χ2n) is 9.49. The van der Waals surface area contributed by atoms with Crippen LogP contribution >= 0.6 is 0 Å². The number of ether oxygens (including phenoxy) is 1. The maximum absolute atomic E-state index is 13.5. The van der Waals surface area contributed by atoms with Crippen LogP contribution in [0.5, 0.6) is 5.75 Å². The van der Waals surface area contributed by atoms with Crippen LogP contribution in [0.1, 0.15) is 49.0 Å². The molecule has 8 nitrogen and oxygen atoms in total. The number of benzene rings is 1. The minimum Gasteiger partial charge on any atom is -0.496 e. The molecule has 2 heterocycles. The van der Waals surface area contributed by atoms with E-state index in [1.807, 2.05) is 18.2 Å². The SMILES string of the molecule is COc1cccc2[nH]c(C(=O)N3CC4CCC4C3C(=O)NC(C#N)CC3CCCC3=O)cc12. The number of nitrogens with zero attached hydrogens (tertiary/aromatic N) is 2. The van der Waals surface area contributed by atoms with Crippen LogP contribution < -0.4 is 10.1 Å². The molecule has 5 unspecified atom stereocenters. The highest BCUT2D eigenvalue weighted by atomic mass is 16.5. The molecule has 2 saturated carbocycles.